The van der Waals surface area contributed by atoms with E-state index in [-0.39, 0.29) is 24.2 Å². The summed E-state index contributed by atoms with van der Waals surface area (Å²) in [6.07, 6.45) is 0. The lowest BCUT2D eigenvalue weighted by Crippen LogP contribution is -2.19. The number of aromatic nitrogens is 1. The van der Waals surface area contributed by atoms with Gasteiger partial charge in [0.15, 0.2) is 6.61 Å². The van der Waals surface area contributed by atoms with Gasteiger partial charge in [0, 0.05) is 11.6 Å². The van der Waals surface area contributed by atoms with Gasteiger partial charge in [0.05, 0.1) is 0 Å². The Hall–Kier alpha value is -3.15. The summed E-state index contributed by atoms with van der Waals surface area (Å²) in [5, 5.41) is 6.40. The van der Waals surface area contributed by atoms with Gasteiger partial charge in [-0.3, -0.25) is 10.1 Å². The maximum atomic E-state index is 12.9. The summed E-state index contributed by atoms with van der Waals surface area (Å²) < 4.78 is 23.4. The van der Waals surface area contributed by atoms with Gasteiger partial charge in [0.25, 0.3) is 5.91 Å². The van der Waals surface area contributed by atoms with Crippen LogP contribution in [0.3, 0.4) is 0 Å². The van der Waals surface area contributed by atoms with Crippen LogP contribution in [0.5, 0.6) is 5.75 Å². The van der Waals surface area contributed by atoms with Gasteiger partial charge in [-0.05, 0) is 43.3 Å². The van der Waals surface area contributed by atoms with E-state index in [9.17, 15) is 9.18 Å². The molecule has 0 saturated carbocycles. The molecule has 5 nitrogen and oxygen atoms in total. The fraction of sp³-hybridized carbons (Fsp3) is 0.111. The molecule has 0 radical (unpaired) electrons. The van der Waals surface area contributed by atoms with Gasteiger partial charge in [-0.2, -0.15) is 0 Å². The molecule has 1 amide bonds. The van der Waals surface area contributed by atoms with Crippen LogP contribution in [0.15, 0.2) is 59.1 Å². The molecular weight excluding hydrogens is 311 g/mol. The minimum absolute atomic E-state index is 0.143. The molecule has 6 heteroatoms. The second-order valence-corrected chi connectivity index (χ2v) is 5.23. The Labute approximate surface area is 138 Å². The van der Waals surface area contributed by atoms with E-state index >= 15 is 0 Å². The second kappa shape index (κ2) is 6.95. The first-order chi connectivity index (χ1) is 11.6. The van der Waals surface area contributed by atoms with Crippen LogP contribution < -0.4 is 10.1 Å². The van der Waals surface area contributed by atoms with Crippen molar-refractivity contribution in [3.8, 4) is 17.0 Å². The van der Waals surface area contributed by atoms with E-state index in [1.54, 1.807) is 30.3 Å². The average molecular weight is 326 g/mol. The fourth-order valence-electron chi connectivity index (χ4n) is 2.05. The minimum atomic E-state index is -0.364. The normalized spacial score (nSPS) is 10.4. The highest BCUT2D eigenvalue weighted by Gasteiger charge is 2.10. The largest absolute Gasteiger partial charge is 0.484 e. The van der Waals surface area contributed by atoms with Gasteiger partial charge in [-0.15, -0.1) is 0 Å². The van der Waals surface area contributed by atoms with E-state index in [2.05, 4.69) is 10.5 Å². The number of ether oxygens (including phenoxy) is 1. The molecule has 0 spiro atoms. The van der Waals surface area contributed by atoms with Gasteiger partial charge in [0.2, 0.25) is 5.88 Å². The van der Waals surface area contributed by atoms with Crippen molar-refractivity contribution < 1.29 is 18.4 Å². The molecule has 0 aliphatic carbocycles. The third kappa shape index (κ3) is 3.98. The summed E-state index contributed by atoms with van der Waals surface area (Å²) in [5.74, 6) is 0.119. The Balaban J connectivity index is 1.57. The van der Waals surface area contributed by atoms with Crippen LogP contribution in [0.25, 0.3) is 11.3 Å². The van der Waals surface area contributed by atoms with Crippen molar-refractivity contribution in [1.82, 2.24) is 5.16 Å². The number of benzene rings is 2. The molecule has 122 valence electrons. The van der Waals surface area contributed by atoms with Gasteiger partial charge < -0.3 is 9.26 Å². The van der Waals surface area contributed by atoms with Crippen molar-refractivity contribution in [2.24, 2.45) is 0 Å². The highest BCUT2D eigenvalue weighted by atomic mass is 19.1. The number of hydrogen-bond donors (Lipinski definition) is 1. The number of halogens is 1. The molecule has 0 aliphatic heterocycles. The maximum absolute atomic E-state index is 12.9. The van der Waals surface area contributed by atoms with Gasteiger partial charge in [-0.1, -0.05) is 22.9 Å². The van der Waals surface area contributed by atoms with Crippen LogP contribution >= 0.6 is 0 Å². The van der Waals surface area contributed by atoms with E-state index in [1.807, 2.05) is 19.1 Å². The standard InChI is InChI=1S/C18H15FN2O3/c1-12-2-8-15(9-3-12)23-11-17(22)20-18-10-16(21-24-18)13-4-6-14(19)7-5-13/h2-10H,11H2,1H3,(H,20,22). The molecule has 1 heterocycles. The van der Waals surface area contributed by atoms with Gasteiger partial charge in [0.1, 0.15) is 17.3 Å². The van der Waals surface area contributed by atoms with Crippen LogP contribution in [-0.2, 0) is 4.79 Å². The maximum Gasteiger partial charge on any atom is 0.264 e. The molecule has 0 fully saturated rings. The number of aryl methyl sites for hydroxylation is 1. The molecular formula is C18H15FN2O3. The molecule has 0 saturated heterocycles. The van der Waals surface area contributed by atoms with Gasteiger partial charge in [-0.25, -0.2) is 4.39 Å². The second-order valence-electron chi connectivity index (χ2n) is 5.23. The number of carbonyl (C=O) groups is 1. The first-order valence-electron chi connectivity index (χ1n) is 7.32. The Morgan fingerprint density at radius 2 is 1.88 bits per heavy atom. The van der Waals surface area contributed by atoms with Crippen molar-refractivity contribution in [3.05, 3.63) is 66.0 Å². The van der Waals surface area contributed by atoms with E-state index in [1.165, 1.54) is 12.1 Å². The lowest BCUT2D eigenvalue weighted by Gasteiger charge is -2.05. The molecule has 24 heavy (non-hydrogen) atoms. The molecule has 1 aromatic heterocycles. The summed E-state index contributed by atoms with van der Waals surface area (Å²) in [4.78, 5) is 11.9. The zero-order chi connectivity index (χ0) is 16.9. The zero-order valence-corrected chi connectivity index (χ0v) is 13.0. The molecule has 3 rings (SSSR count). The molecule has 0 bridgehead atoms. The molecule has 2 aromatic carbocycles. The number of hydrogen-bond acceptors (Lipinski definition) is 4. The number of nitrogens with one attached hydrogen (secondary N) is 1. The Bertz CT molecular complexity index is 826. The van der Waals surface area contributed by atoms with E-state index < -0.39 is 0 Å². The summed E-state index contributed by atoms with van der Waals surface area (Å²) in [6.45, 7) is 1.83. The van der Waals surface area contributed by atoms with Crippen LogP contribution in [0.1, 0.15) is 5.56 Å². The number of nitrogens with zero attached hydrogens (tertiary/aromatic N) is 1. The van der Waals surface area contributed by atoms with Crippen LogP contribution in [0.4, 0.5) is 10.3 Å². The molecule has 1 N–H and O–H groups in total. The quantitative estimate of drug-likeness (QED) is 0.774. The highest BCUT2D eigenvalue weighted by Crippen LogP contribution is 2.22. The smallest absolute Gasteiger partial charge is 0.264 e. The fourth-order valence-corrected chi connectivity index (χ4v) is 2.05. The number of amides is 1. The first kappa shape index (κ1) is 15.7. The SMILES string of the molecule is Cc1ccc(OCC(=O)Nc2cc(-c3ccc(F)cc3)no2)cc1. The lowest BCUT2D eigenvalue weighted by molar-refractivity contribution is -0.118. The number of carbonyl (C=O) groups excluding carboxylic acids is 1. The zero-order valence-electron chi connectivity index (χ0n) is 13.0. The molecule has 3 aromatic rings. The van der Waals surface area contributed by atoms with Crippen LogP contribution in [0, 0.1) is 12.7 Å². The van der Waals surface area contributed by atoms with Crippen molar-refractivity contribution >= 4 is 11.8 Å². The summed E-state index contributed by atoms with van der Waals surface area (Å²) in [6, 6.07) is 14.8. The first-order valence-corrected chi connectivity index (χ1v) is 7.32. The number of anilines is 1. The van der Waals surface area contributed by atoms with E-state index in [4.69, 9.17) is 9.26 Å². The Morgan fingerprint density at radius 3 is 2.58 bits per heavy atom. The van der Waals surface area contributed by atoms with Crippen molar-refractivity contribution in [1.29, 1.82) is 0 Å². The monoisotopic (exact) mass is 326 g/mol. The third-order valence-electron chi connectivity index (χ3n) is 3.30. The van der Waals surface area contributed by atoms with Gasteiger partial charge >= 0.3 is 0 Å². The van der Waals surface area contributed by atoms with Crippen LogP contribution in [-0.4, -0.2) is 17.7 Å². The predicted octanol–water partition coefficient (Wildman–Crippen LogP) is 3.81. The van der Waals surface area contributed by atoms with E-state index in [0.29, 0.717) is 17.0 Å². The van der Waals surface area contributed by atoms with Crippen LogP contribution in [0.2, 0.25) is 0 Å². The third-order valence-corrected chi connectivity index (χ3v) is 3.30. The highest BCUT2D eigenvalue weighted by molar-refractivity contribution is 5.91. The summed E-state index contributed by atoms with van der Waals surface area (Å²) >= 11 is 0. The topological polar surface area (TPSA) is 64.4 Å². The average Bonchev–Trinajstić information content (AvgIpc) is 3.03. The Kier molecular flexibility index (Phi) is 4.56. The van der Waals surface area contributed by atoms with E-state index in [0.717, 1.165) is 5.56 Å². The Morgan fingerprint density at radius 1 is 1.17 bits per heavy atom. The number of rotatable bonds is 5. The predicted molar refractivity (Wildman–Crippen MR) is 87.2 cm³/mol. The molecule has 0 aliphatic rings. The minimum Gasteiger partial charge on any atom is -0.484 e. The lowest BCUT2D eigenvalue weighted by atomic mass is 10.1. The van der Waals surface area contributed by atoms with Crippen molar-refractivity contribution in [3.63, 3.8) is 0 Å². The molecule has 0 atom stereocenters. The summed E-state index contributed by atoms with van der Waals surface area (Å²) in [5.41, 5.74) is 2.31. The summed E-state index contributed by atoms with van der Waals surface area (Å²) in [7, 11) is 0. The molecule has 0 unspecified atom stereocenters. The van der Waals surface area contributed by atoms with Crippen molar-refractivity contribution in [2.45, 2.75) is 6.92 Å². The van der Waals surface area contributed by atoms with Crippen molar-refractivity contribution in [2.75, 3.05) is 11.9 Å².